The van der Waals surface area contributed by atoms with Crippen molar-refractivity contribution >= 4 is 28.4 Å². The van der Waals surface area contributed by atoms with Crippen LogP contribution in [0.5, 0.6) is 0 Å². The van der Waals surface area contributed by atoms with Gasteiger partial charge < -0.3 is 14.8 Å². The zero-order valence-corrected chi connectivity index (χ0v) is 16.6. The minimum absolute atomic E-state index is 0.0849. The molecule has 0 bridgehead atoms. The Labute approximate surface area is 165 Å². The van der Waals surface area contributed by atoms with E-state index in [0.29, 0.717) is 25.2 Å². The molecule has 0 radical (unpaired) electrons. The van der Waals surface area contributed by atoms with Gasteiger partial charge in [0.15, 0.2) is 0 Å². The summed E-state index contributed by atoms with van der Waals surface area (Å²) in [6.45, 7) is 5.17. The summed E-state index contributed by atoms with van der Waals surface area (Å²) >= 11 is 0. The van der Waals surface area contributed by atoms with Crippen LogP contribution >= 0.6 is 0 Å². The molecule has 2 amide bonds. The minimum atomic E-state index is -0.160. The Balaban J connectivity index is 1.75. The molecule has 0 atom stereocenters. The molecule has 144 valence electrons. The van der Waals surface area contributed by atoms with Crippen molar-refractivity contribution in [3.8, 4) is 0 Å². The zero-order valence-electron chi connectivity index (χ0n) is 16.6. The Hall–Kier alpha value is -3.08. The maximum absolute atomic E-state index is 13.2. The summed E-state index contributed by atoms with van der Waals surface area (Å²) in [5.41, 5.74) is 5.57. The number of fused-ring (bicyclic) bond motifs is 1. The van der Waals surface area contributed by atoms with Gasteiger partial charge in [-0.3, -0.25) is 9.59 Å². The lowest BCUT2D eigenvalue weighted by atomic mass is 10.1. The molecule has 1 fully saturated rings. The highest BCUT2D eigenvalue weighted by atomic mass is 16.2. The number of rotatable bonds is 4. The molecule has 3 aromatic rings. The fourth-order valence-corrected chi connectivity index (χ4v) is 4.04. The maximum atomic E-state index is 13.2. The standard InChI is InChI=1S/C23H25N3O2/c1-15-6-4-7-17(12-15)14-24-23(28)22-21(26-11-5-8-20(26)27)18-13-16(2)9-10-19(18)25(22)3/h4,6-7,9-10,12-13H,5,8,11,14H2,1-3H3,(H,24,28). The van der Waals surface area contributed by atoms with Crippen LogP contribution in [0.3, 0.4) is 0 Å². The molecule has 5 heteroatoms. The van der Waals surface area contributed by atoms with Crippen LogP contribution in [-0.2, 0) is 18.4 Å². The van der Waals surface area contributed by atoms with Gasteiger partial charge in [0.1, 0.15) is 5.69 Å². The van der Waals surface area contributed by atoms with Crippen LogP contribution in [0.4, 0.5) is 5.69 Å². The predicted octanol–water partition coefficient (Wildman–Crippen LogP) is 3.85. The normalized spacial score (nSPS) is 14.1. The van der Waals surface area contributed by atoms with E-state index in [1.807, 2.05) is 55.8 Å². The molecule has 1 aliphatic rings. The SMILES string of the molecule is Cc1cccc(CNC(=O)c2c(N3CCCC3=O)c3cc(C)ccc3n2C)c1. The third kappa shape index (κ3) is 3.17. The number of hydrogen-bond acceptors (Lipinski definition) is 2. The van der Waals surface area contributed by atoms with Gasteiger partial charge in [-0.2, -0.15) is 0 Å². The van der Waals surface area contributed by atoms with Crippen LogP contribution in [0.2, 0.25) is 0 Å². The first-order valence-electron chi connectivity index (χ1n) is 9.69. The predicted molar refractivity (Wildman–Crippen MR) is 112 cm³/mol. The number of amides is 2. The van der Waals surface area contributed by atoms with Gasteiger partial charge in [0.2, 0.25) is 5.91 Å². The average molecular weight is 375 g/mol. The van der Waals surface area contributed by atoms with Gasteiger partial charge in [-0.05, 0) is 38.0 Å². The molecule has 1 aliphatic heterocycles. The van der Waals surface area contributed by atoms with Gasteiger partial charge in [-0.25, -0.2) is 0 Å². The maximum Gasteiger partial charge on any atom is 0.270 e. The molecule has 1 saturated heterocycles. The number of aryl methyl sites for hydroxylation is 3. The summed E-state index contributed by atoms with van der Waals surface area (Å²) < 4.78 is 1.90. The Morgan fingerprint density at radius 2 is 1.89 bits per heavy atom. The molecule has 28 heavy (non-hydrogen) atoms. The van der Waals surface area contributed by atoms with E-state index >= 15 is 0 Å². The summed E-state index contributed by atoms with van der Waals surface area (Å²) in [7, 11) is 1.89. The number of benzene rings is 2. The molecule has 2 aromatic carbocycles. The van der Waals surface area contributed by atoms with Crippen molar-refractivity contribution in [2.45, 2.75) is 33.2 Å². The second-order valence-electron chi connectivity index (χ2n) is 7.60. The molecule has 0 saturated carbocycles. The lowest BCUT2D eigenvalue weighted by Crippen LogP contribution is -2.30. The number of anilines is 1. The third-order valence-electron chi connectivity index (χ3n) is 5.42. The van der Waals surface area contributed by atoms with Crippen molar-refractivity contribution in [3.63, 3.8) is 0 Å². The quantitative estimate of drug-likeness (QED) is 0.753. The van der Waals surface area contributed by atoms with Crippen molar-refractivity contribution in [2.75, 3.05) is 11.4 Å². The molecule has 2 heterocycles. The number of nitrogens with one attached hydrogen (secondary N) is 1. The second kappa shape index (κ2) is 7.15. The molecule has 1 N–H and O–H groups in total. The molecule has 1 aromatic heterocycles. The molecule has 4 rings (SSSR count). The highest BCUT2D eigenvalue weighted by Gasteiger charge is 2.31. The number of hydrogen-bond donors (Lipinski definition) is 1. The summed E-state index contributed by atoms with van der Waals surface area (Å²) in [6, 6.07) is 14.2. The number of nitrogens with zero attached hydrogens (tertiary/aromatic N) is 2. The van der Waals surface area contributed by atoms with Gasteiger partial charge in [0.05, 0.1) is 11.2 Å². The molecule has 0 aliphatic carbocycles. The van der Waals surface area contributed by atoms with Crippen molar-refractivity contribution in [1.82, 2.24) is 9.88 Å². The van der Waals surface area contributed by atoms with E-state index in [1.165, 1.54) is 0 Å². The first-order chi connectivity index (χ1) is 13.5. The van der Waals surface area contributed by atoms with Crippen molar-refractivity contribution in [2.24, 2.45) is 7.05 Å². The van der Waals surface area contributed by atoms with E-state index in [9.17, 15) is 9.59 Å². The Morgan fingerprint density at radius 1 is 1.11 bits per heavy atom. The molecule has 5 nitrogen and oxygen atoms in total. The smallest absolute Gasteiger partial charge is 0.270 e. The van der Waals surface area contributed by atoms with Gasteiger partial charge in [0, 0.05) is 31.9 Å². The molecular formula is C23H25N3O2. The number of carbonyl (C=O) groups excluding carboxylic acids is 2. The number of carbonyl (C=O) groups is 2. The van der Waals surface area contributed by atoms with E-state index in [2.05, 4.69) is 17.4 Å². The largest absolute Gasteiger partial charge is 0.347 e. The van der Waals surface area contributed by atoms with Crippen molar-refractivity contribution in [1.29, 1.82) is 0 Å². The van der Waals surface area contributed by atoms with Crippen LogP contribution in [0, 0.1) is 13.8 Å². The molecule has 0 spiro atoms. The Morgan fingerprint density at radius 3 is 2.61 bits per heavy atom. The lowest BCUT2D eigenvalue weighted by Gasteiger charge is -2.18. The van der Waals surface area contributed by atoms with E-state index in [-0.39, 0.29) is 11.8 Å². The van der Waals surface area contributed by atoms with Crippen LogP contribution < -0.4 is 10.2 Å². The summed E-state index contributed by atoms with van der Waals surface area (Å²) in [4.78, 5) is 27.5. The van der Waals surface area contributed by atoms with Crippen LogP contribution in [0.1, 0.15) is 40.0 Å². The lowest BCUT2D eigenvalue weighted by molar-refractivity contribution is -0.117. The fraction of sp³-hybridized carbons (Fsp3) is 0.304. The second-order valence-corrected chi connectivity index (χ2v) is 7.60. The topological polar surface area (TPSA) is 54.3 Å². The third-order valence-corrected chi connectivity index (χ3v) is 5.42. The first-order valence-corrected chi connectivity index (χ1v) is 9.69. The summed E-state index contributed by atoms with van der Waals surface area (Å²) in [5, 5.41) is 4.00. The average Bonchev–Trinajstić information content (AvgIpc) is 3.20. The van der Waals surface area contributed by atoms with E-state index < -0.39 is 0 Å². The monoisotopic (exact) mass is 375 g/mol. The Kier molecular flexibility index (Phi) is 4.67. The highest BCUT2D eigenvalue weighted by molar-refractivity contribution is 6.14. The molecular weight excluding hydrogens is 350 g/mol. The summed E-state index contributed by atoms with van der Waals surface area (Å²) in [6.07, 6.45) is 1.36. The van der Waals surface area contributed by atoms with Gasteiger partial charge in [-0.1, -0.05) is 41.5 Å². The Bertz CT molecular complexity index is 1080. The van der Waals surface area contributed by atoms with E-state index in [1.54, 1.807) is 4.90 Å². The van der Waals surface area contributed by atoms with Gasteiger partial charge in [-0.15, -0.1) is 0 Å². The summed E-state index contributed by atoms with van der Waals surface area (Å²) in [5.74, 6) is -0.0747. The molecule has 0 unspecified atom stereocenters. The zero-order chi connectivity index (χ0) is 19.8. The number of aromatic nitrogens is 1. The van der Waals surface area contributed by atoms with E-state index in [4.69, 9.17) is 0 Å². The van der Waals surface area contributed by atoms with Gasteiger partial charge in [0.25, 0.3) is 5.91 Å². The van der Waals surface area contributed by atoms with Crippen molar-refractivity contribution < 1.29 is 9.59 Å². The highest BCUT2D eigenvalue weighted by Crippen LogP contribution is 2.36. The van der Waals surface area contributed by atoms with Crippen LogP contribution in [-0.4, -0.2) is 22.9 Å². The fourth-order valence-electron chi connectivity index (χ4n) is 4.04. The minimum Gasteiger partial charge on any atom is -0.347 e. The first kappa shape index (κ1) is 18.3. The van der Waals surface area contributed by atoms with Crippen LogP contribution in [0.15, 0.2) is 42.5 Å². The van der Waals surface area contributed by atoms with E-state index in [0.717, 1.165) is 39.7 Å². The van der Waals surface area contributed by atoms with Gasteiger partial charge >= 0.3 is 0 Å². The van der Waals surface area contributed by atoms with Crippen LogP contribution in [0.25, 0.3) is 10.9 Å². The van der Waals surface area contributed by atoms with Crippen molar-refractivity contribution in [3.05, 3.63) is 64.8 Å².